The molecule has 3 rings (SSSR count). The summed E-state index contributed by atoms with van der Waals surface area (Å²) in [6, 6.07) is 12.8. The number of aryl methyl sites for hydroxylation is 1. The number of carbonyl (C=O) groups excluding carboxylic acids is 1. The third-order valence-electron chi connectivity index (χ3n) is 4.61. The van der Waals surface area contributed by atoms with Crippen molar-refractivity contribution in [3.05, 3.63) is 70.8 Å². The molecule has 0 saturated carbocycles. The van der Waals surface area contributed by atoms with Gasteiger partial charge in [-0.25, -0.2) is 0 Å². The minimum Gasteiger partial charge on any atom is -0.336 e. The highest BCUT2D eigenvalue weighted by Crippen LogP contribution is 2.29. The molecule has 0 aliphatic carbocycles. The van der Waals surface area contributed by atoms with Crippen LogP contribution in [0, 0.1) is 6.92 Å². The van der Waals surface area contributed by atoms with Gasteiger partial charge in [-0.15, -0.1) is 0 Å². The van der Waals surface area contributed by atoms with Crippen LogP contribution in [-0.4, -0.2) is 41.9 Å². The third kappa shape index (κ3) is 4.43. The molecule has 0 atom stereocenters. The average Bonchev–Trinajstić information content (AvgIpc) is 2.61. The smallest absolute Gasteiger partial charge is 0.336 e. The summed E-state index contributed by atoms with van der Waals surface area (Å²) in [5, 5.41) is 0. The molecule has 3 nitrogen and oxygen atoms in total. The highest BCUT2D eigenvalue weighted by Gasteiger charge is 2.30. The lowest BCUT2D eigenvalue weighted by atomic mass is 10.1. The molecule has 0 unspecified atom stereocenters. The first-order valence-electron chi connectivity index (χ1n) is 8.57. The molecule has 0 bridgehead atoms. The van der Waals surface area contributed by atoms with Gasteiger partial charge in [0.15, 0.2) is 0 Å². The van der Waals surface area contributed by atoms with Gasteiger partial charge in [0.2, 0.25) is 0 Å². The van der Waals surface area contributed by atoms with Crippen molar-refractivity contribution in [2.75, 3.05) is 26.2 Å². The van der Waals surface area contributed by atoms with Gasteiger partial charge in [0.25, 0.3) is 5.91 Å². The number of benzene rings is 2. The summed E-state index contributed by atoms with van der Waals surface area (Å²) >= 11 is 0. The molecule has 1 heterocycles. The molecular weight excluding hydrogens is 341 g/mol. The SMILES string of the molecule is Cc1cccc(C(=O)N2CCN(Cc3ccc(C(F)(F)F)cc3)CC2)c1. The van der Waals surface area contributed by atoms with Crippen LogP contribution in [0.5, 0.6) is 0 Å². The Balaban J connectivity index is 1.54. The molecule has 1 aliphatic heterocycles. The first kappa shape index (κ1) is 18.5. The Kier molecular flexibility index (Phi) is 5.32. The third-order valence-corrected chi connectivity index (χ3v) is 4.61. The zero-order valence-corrected chi connectivity index (χ0v) is 14.6. The van der Waals surface area contributed by atoms with Crippen LogP contribution in [0.3, 0.4) is 0 Å². The Labute approximate surface area is 151 Å². The van der Waals surface area contributed by atoms with E-state index in [1.54, 1.807) is 0 Å². The van der Waals surface area contributed by atoms with Crippen LogP contribution >= 0.6 is 0 Å². The largest absolute Gasteiger partial charge is 0.416 e. The first-order valence-corrected chi connectivity index (χ1v) is 8.57. The lowest BCUT2D eigenvalue weighted by Gasteiger charge is -2.34. The number of piperazine rings is 1. The molecule has 26 heavy (non-hydrogen) atoms. The zero-order chi connectivity index (χ0) is 18.7. The molecule has 0 radical (unpaired) electrons. The fourth-order valence-electron chi connectivity index (χ4n) is 3.13. The predicted molar refractivity (Wildman–Crippen MR) is 93.8 cm³/mol. The number of nitrogens with zero attached hydrogens (tertiary/aromatic N) is 2. The van der Waals surface area contributed by atoms with Crippen LogP contribution in [0.25, 0.3) is 0 Å². The second-order valence-electron chi connectivity index (χ2n) is 6.63. The summed E-state index contributed by atoms with van der Waals surface area (Å²) in [6.45, 7) is 5.20. The molecule has 2 aromatic rings. The van der Waals surface area contributed by atoms with E-state index in [-0.39, 0.29) is 5.91 Å². The highest BCUT2D eigenvalue weighted by molar-refractivity contribution is 5.94. The van der Waals surface area contributed by atoms with Crippen LogP contribution in [-0.2, 0) is 12.7 Å². The van der Waals surface area contributed by atoms with E-state index >= 15 is 0 Å². The van der Waals surface area contributed by atoms with Gasteiger partial charge in [0.05, 0.1) is 5.56 Å². The zero-order valence-electron chi connectivity index (χ0n) is 14.6. The van der Waals surface area contributed by atoms with Gasteiger partial charge >= 0.3 is 6.18 Å². The standard InChI is InChI=1S/C20H21F3N2O/c1-15-3-2-4-17(13-15)19(26)25-11-9-24(10-12-25)14-16-5-7-18(8-6-16)20(21,22)23/h2-8,13H,9-12,14H2,1H3. The minimum atomic E-state index is -4.31. The van der Waals surface area contributed by atoms with E-state index < -0.39 is 11.7 Å². The maximum Gasteiger partial charge on any atom is 0.416 e. The van der Waals surface area contributed by atoms with Crippen molar-refractivity contribution in [1.82, 2.24) is 9.80 Å². The van der Waals surface area contributed by atoms with E-state index in [9.17, 15) is 18.0 Å². The quantitative estimate of drug-likeness (QED) is 0.825. The second-order valence-corrected chi connectivity index (χ2v) is 6.63. The molecule has 2 aromatic carbocycles. The van der Waals surface area contributed by atoms with Crippen molar-refractivity contribution in [1.29, 1.82) is 0 Å². The van der Waals surface area contributed by atoms with Crippen LogP contribution in [0.2, 0.25) is 0 Å². The van der Waals surface area contributed by atoms with Gasteiger partial charge in [-0.3, -0.25) is 9.69 Å². The lowest BCUT2D eigenvalue weighted by Crippen LogP contribution is -2.48. The predicted octanol–water partition coefficient (Wildman–Crippen LogP) is 3.97. The Morgan fingerprint density at radius 1 is 1.00 bits per heavy atom. The lowest BCUT2D eigenvalue weighted by molar-refractivity contribution is -0.137. The minimum absolute atomic E-state index is 0.0304. The number of alkyl halides is 3. The van der Waals surface area contributed by atoms with E-state index in [1.165, 1.54) is 12.1 Å². The number of hydrogen-bond donors (Lipinski definition) is 0. The van der Waals surface area contributed by atoms with E-state index in [1.807, 2.05) is 36.1 Å². The van der Waals surface area contributed by atoms with Gasteiger partial charge in [0.1, 0.15) is 0 Å². The Morgan fingerprint density at radius 3 is 2.23 bits per heavy atom. The van der Waals surface area contributed by atoms with Crippen molar-refractivity contribution in [3.63, 3.8) is 0 Å². The van der Waals surface area contributed by atoms with Crippen molar-refractivity contribution in [2.24, 2.45) is 0 Å². The van der Waals surface area contributed by atoms with E-state index in [4.69, 9.17) is 0 Å². The second kappa shape index (κ2) is 7.50. The molecule has 0 N–H and O–H groups in total. The van der Waals surface area contributed by atoms with Crippen LogP contribution in [0.1, 0.15) is 27.0 Å². The summed E-state index contributed by atoms with van der Waals surface area (Å²) in [6.07, 6.45) is -4.31. The van der Waals surface area contributed by atoms with E-state index in [0.29, 0.717) is 38.3 Å². The maximum atomic E-state index is 12.6. The number of carbonyl (C=O) groups is 1. The molecule has 138 valence electrons. The Bertz CT molecular complexity index is 763. The molecule has 1 aliphatic rings. The van der Waals surface area contributed by atoms with Crippen LogP contribution < -0.4 is 0 Å². The summed E-state index contributed by atoms with van der Waals surface area (Å²) in [5.74, 6) is 0.0304. The number of halogens is 3. The molecule has 1 amide bonds. The first-order chi connectivity index (χ1) is 12.3. The molecule has 6 heteroatoms. The number of rotatable bonds is 3. The number of hydrogen-bond acceptors (Lipinski definition) is 2. The Morgan fingerprint density at radius 2 is 1.65 bits per heavy atom. The van der Waals surface area contributed by atoms with Crippen LogP contribution in [0.4, 0.5) is 13.2 Å². The van der Waals surface area contributed by atoms with Crippen molar-refractivity contribution in [3.8, 4) is 0 Å². The van der Waals surface area contributed by atoms with Gasteiger partial charge in [-0.1, -0.05) is 29.8 Å². The molecule has 0 aromatic heterocycles. The van der Waals surface area contributed by atoms with Crippen molar-refractivity contribution < 1.29 is 18.0 Å². The highest BCUT2D eigenvalue weighted by atomic mass is 19.4. The summed E-state index contributed by atoms with van der Waals surface area (Å²) in [5.41, 5.74) is 1.96. The van der Waals surface area contributed by atoms with E-state index in [0.717, 1.165) is 23.3 Å². The van der Waals surface area contributed by atoms with E-state index in [2.05, 4.69) is 4.90 Å². The van der Waals surface area contributed by atoms with Gasteiger partial charge in [-0.05, 0) is 36.8 Å². The number of amides is 1. The molecule has 1 saturated heterocycles. The Hall–Kier alpha value is -2.34. The van der Waals surface area contributed by atoms with Crippen LogP contribution in [0.15, 0.2) is 48.5 Å². The van der Waals surface area contributed by atoms with Crippen molar-refractivity contribution >= 4 is 5.91 Å². The molecule has 1 fully saturated rings. The topological polar surface area (TPSA) is 23.6 Å². The van der Waals surface area contributed by atoms with Gasteiger partial charge < -0.3 is 4.90 Å². The molecular formula is C20H21F3N2O. The van der Waals surface area contributed by atoms with Gasteiger partial charge in [0, 0.05) is 38.3 Å². The maximum absolute atomic E-state index is 12.6. The van der Waals surface area contributed by atoms with Crippen molar-refractivity contribution in [2.45, 2.75) is 19.6 Å². The summed E-state index contributed by atoms with van der Waals surface area (Å²) in [4.78, 5) is 16.5. The average molecular weight is 362 g/mol. The fraction of sp³-hybridized carbons (Fsp3) is 0.350. The molecule has 0 spiro atoms. The van der Waals surface area contributed by atoms with Gasteiger partial charge in [-0.2, -0.15) is 13.2 Å². The fourth-order valence-corrected chi connectivity index (χ4v) is 3.13. The summed E-state index contributed by atoms with van der Waals surface area (Å²) < 4.78 is 37.8. The summed E-state index contributed by atoms with van der Waals surface area (Å²) in [7, 11) is 0. The monoisotopic (exact) mass is 362 g/mol. The normalized spacial score (nSPS) is 15.9.